The summed E-state index contributed by atoms with van der Waals surface area (Å²) in [5.41, 5.74) is 2.51. The minimum atomic E-state index is -3.70. The summed E-state index contributed by atoms with van der Waals surface area (Å²) in [6.45, 7) is 1.65. The van der Waals surface area contributed by atoms with Gasteiger partial charge in [-0.15, -0.1) is 0 Å². The average Bonchev–Trinajstić information content (AvgIpc) is 3.19. The van der Waals surface area contributed by atoms with E-state index in [1.54, 1.807) is 0 Å². The zero-order chi connectivity index (χ0) is 21.4. The molecule has 4 aromatic rings. The number of hydrogen-bond donors (Lipinski definition) is 1. The lowest BCUT2D eigenvalue weighted by atomic mass is 10.1. The van der Waals surface area contributed by atoms with Gasteiger partial charge in [0, 0.05) is 43.9 Å². The van der Waals surface area contributed by atoms with Gasteiger partial charge in [-0.2, -0.15) is 4.31 Å². The molecule has 5 rings (SSSR count). The summed E-state index contributed by atoms with van der Waals surface area (Å²) in [6.07, 6.45) is 1.53. The third-order valence-electron chi connectivity index (χ3n) is 5.32. The number of hydrogen-bond acceptors (Lipinski definition) is 7. The van der Waals surface area contributed by atoms with Gasteiger partial charge in [0.05, 0.1) is 16.1 Å². The van der Waals surface area contributed by atoms with Crippen LogP contribution in [0, 0.1) is 0 Å². The van der Waals surface area contributed by atoms with Crippen LogP contribution in [-0.4, -0.2) is 53.9 Å². The summed E-state index contributed by atoms with van der Waals surface area (Å²) in [5.74, 6) is 0.152. The Morgan fingerprint density at radius 2 is 1.71 bits per heavy atom. The molecule has 9 nitrogen and oxygen atoms in total. The van der Waals surface area contributed by atoms with Gasteiger partial charge < -0.3 is 9.32 Å². The van der Waals surface area contributed by atoms with Crippen LogP contribution < -0.4 is 10.7 Å². The van der Waals surface area contributed by atoms with Gasteiger partial charge in [-0.25, -0.2) is 23.2 Å². The minimum absolute atomic E-state index is 0.101. The first-order valence-corrected chi connectivity index (χ1v) is 11.2. The fourth-order valence-electron chi connectivity index (χ4n) is 3.68. The Kier molecular flexibility index (Phi) is 4.79. The highest BCUT2D eigenvalue weighted by atomic mass is 32.2. The van der Waals surface area contributed by atoms with Gasteiger partial charge in [0.25, 0.3) is 0 Å². The maximum atomic E-state index is 13.1. The molecule has 1 fully saturated rings. The van der Waals surface area contributed by atoms with E-state index in [4.69, 9.17) is 4.42 Å². The molecule has 0 saturated carbocycles. The number of oxazole rings is 1. The van der Waals surface area contributed by atoms with E-state index in [9.17, 15) is 13.2 Å². The fraction of sp³-hybridized carbons (Fsp3) is 0.190. The van der Waals surface area contributed by atoms with Crippen LogP contribution in [0.4, 0.5) is 5.82 Å². The first-order chi connectivity index (χ1) is 15.0. The molecule has 158 valence electrons. The first kappa shape index (κ1) is 19.5. The zero-order valence-electron chi connectivity index (χ0n) is 16.4. The van der Waals surface area contributed by atoms with Crippen molar-refractivity contribution in [3.63, 3.8) is 0 Å². The minimum Gasteiger partial charge on any atom is -0.408 e. The van der Waals surface area contributed by atoms with Crippen molar-refractivity contribution in [1.82, 2.24) is 19.3 Å². The third-order valence-corrected chi connectivity index (χ3v) is 7.21. The highest BCUT2D eigenvalue weighted by Gasteiger charge is 2.29. The molecule has 0 unspecified atom stereocenters. The second kappa shape index (κ2) is 7.64. The van der Waals surface area contributed by atoms with E-state index in [-0.39, 0.29) is 10.5 Å². The number of sulfonamides is 1. The van der Waals surface area contributed by atoms with Gasteiger partial charge in [0.1, 0.15) is 12.1 Å². The van der Waals surface area contributed by atoms with Gasteiger partial charge in [0.2, 0.25) is 10.0 Å². The van der Waals surface area contributed by atoms with Crippen LogP contribution in [0.1, 0.15) is 0 Å². The number of anilines is 1. The Labute approximate surface area is 178 Å². The molecule has 1 aliphatic heterocycles. The maximum absolute atomic E-state index is 13.1. The van der Waals surface area contributed by atoms with Crippen LogP contribution in [0.2, 0.25) is 0 Å². The van der Waals surface area contributed by atoms with Crippen LogP contribution in [0.3, 0.4) is 0 Å². The first-order valence-electron chi connectivity index (χ1n) is 9.76. The summed E-state index contributed by atoms with van der Waals surface area (Å²) >= 11 is 0. The Balaban J connectivity index is 1.33. The molecule has 10 heteroatoms. The lowest BCUT2D eigenvalue weighted by Gasteiger charge is -2.34. The third kappa shape index (κ3) is 3.71. The second-order valence-electron chi connectivity index (χ2n) is 7.19. The Morgan fingerprint density at radius 3 is 2.48 bits per heavy atom. The van der Waals surface area contributed by atoms with E-state index in [0.29, 0.717) is 31.7 Å². The van der Waals surface area contributed by atoms with Crippen LogP contribution in [0.5, 0.6) is 0 Å². The molecule has 3 heterocycles. The highest BCUT2D eigenvalue weighted by Crippen LogP contribution is 2.24. The number of benzene rings is 2. The molecule has 0 radical (unpaired) electrons. The molecule has 2 aromatic heterocycles. The summed E-state index contributed by atoms with van der Waals surface area (Å²) in [7, 11) is -3.70. The van der Waals surface area contributed by atoms with E-state index in [0.717, 1.165) is 17.1 Å². The van der Waals surface area contributed by atoms with Crippen LogP contribution >= 0.6 is 0 Å². The van der Waals surface area contributed by atoms with E-state index < -0.39 is 15.8 Å². The van der Waals surface area contributed by atoms with E-state index >= 15 is 0 Å². The molecule has 0 atom stereocenters. The lowest BCUT2D eigenvalue weighted by Crippen LogP contribution is -2.48. The Bertz CT molecular complexity index is 1390. The smallest absolute Gasteiger partial charge is 0.408 e. The summed E-state index contributed by atoms with van der Waals surface area (Å²) in [4.78, 5) is 24.7. The zero-order valence-corrected chi connectivity index (χ0v) is 17.2. The van der Waals surface area contributed by atoms with Gasteiger partial charge in [-0.1, -0.05) is 30.3 Å². The molecule has 31 heavy (non-hydrogen) atoms. The fourth-order valence-corrected chi connectivity index (χ4v) is 5.12. The van der Waals surface area contributed by atoms with Crippen molar-refractivity contribution in [2.75, 3.05) is 31.1 Å². The monoisotopic (exact) mass is 437 g/mol. The molecule has 0 bridgehead atoms. The number of piperazine rings is 1. The summed E-state index contributed by atoms with van der Waals surface area (Å²) in [5, 5.41) is 0. The molecule has 1 N–H and O–H groups in total. The SMILES string of the molecule is O=c1[nH]c2ccc(S(=O)(=O)N3CCN(c4cc(-c5ccccc5)ncn4)CC3)cc2o1. The quantitative estimate of drug-likeness (QED) is 0.520. The number of H-pyrrole nitrogens is 1. The molecule has 2 aromatic carbocycles. The molecule has 1 saturated heterocycles. The number of nitrogens with zero attached hydrogens (tertiary/aromatic N) is 4. The van der Waals surface area contributed by atoms with Crippen molar-refractivity contribution >= 4 is 26.9 Å². The van der Waals surface area contributed by atoms with Crippen molar-refractivity contribution in [1.29, 1.82) is 0 Å². The van der Waals surface area contributed by atoms with E-state index in [1.165, 1.54) is 28.8 Å². The van der Waals surface area contributed by atoms with Crippen molar-refractivity contribution in [3.8, 4) is 11.3 Å². The summed E-state index contributed by atoms with van der Waals surface area (Å²) < 4.78 is 32.6. The Morgan fingerprint density at radius 1 is 0.935 bits per heavy atom. The predicted molar refractivity (Wildman–Crippen MR) is 115 cm³/mol. The van der Waals surface area contributed by atoms with Crippen molar-refractivity contribution < 1.29 is 12.8 Å². The van der Waals surface area contributed by atoms with Gasteiger partial charge in [-0.05, 0) is 12.1 Å². The topological polar surface area (TPSA) is 112 Å². The molecule has 0 spiro atoms. The highest BCUT2D eigenvalue weighted by molar-refractivity contribution is 7.89. The second-order valence-corrected chi connectivity index (χ2v) is 9.13. The van der Waals surface area contributed by atoms with Crippen molar-refractivity contribution in [3.05, 3.63) is 71.5 Å². The van der Waals surface area contributed by atoms with Crippen LogP contribution in [0.25, 0.3) is 22.4 Å². The van der Waals surface area contributed by atoms with Crippen LogP contribution in [-0.2, 0) is 10.0 Å². The standard InChI is InChI=1S/C21H19N5O4S/c27-21-24-17-7-6-16(12-19(17)30-21)31(28,29)26-10-8-25(9-11-26)20-13-18(22-14-23-20)15-4-2-1-3-5-15/h1-7,12-14H,8-11H2,(H,24,27). The number of fused-ring (bicyclic) bond motifs is 1. The van der Waals surface area contributed by atoms with Gasteiger partial charge >= 0.3 is 5.76 Å². The normalized spacial score (nSPS) is 15.4. The lowest BCUT2D eigenvalue weighted by molar-refractivity contribution is 0.383. The molecule has 1 aliphatic rings. The molecule has 0 aliphatic carbocycles. The number of rotatable bonds is 4. The number of aromatic amines is 1. The summed E-state index contributed by atoms with van der Waals surface area (Å²) in [6, 6.07) is 16.1. The van der Waals surface area contributed by atoms with Crippen molar-refractivity contribution in [2.45, 2.75) is 4.90 Å². The molecular weight excluding hydrogens is 418 g/mol. The maximum Gasteiger partial charge on any atom is 0.417 e. The van der Waals surface area contributed by atoms with E-state index in [1.807, 2.05) is 36.4 Å². The predicted octanol–water partition coefficient (Wildman–Crippen LogP) is 2.09. The molecule has 0 amide bonds. The number of nitrogens with one attached hydrogen (secondary N) is 1. The Hall–Kier alpha value is -3.50. The van der Waals surface area contributed by atoms with Gasteiger partial charge in [-0.3, -0.25) is 4.98 Å². The van der Waals surface area contributed by atoms with E-state index in [2.05, 4.69) is 19.9 Å². The molecular formula is C21H19N5O4S. The number of aromatic nitrogens is 3. The van der Waals surface area contributed by atoms with Crippen molar-refractivity contribution in [2.24, 2.45) is 0 Å². The largest absolute Gasteiger partial charge is 0.417 e. The average molecular weight is 437 g/mol. The van der Waals surface area contributed by atoms with Crippen LogP contribution in [0.15, 0.2) is 75.0 Å². The van der Waals surface area contributed by atoms with Gasteiger partial charge in [0.15, 0.2) is 5.58 Å².